The first-order valence-corrected chi connectivity index (χ1v) is 9.94. The summed E-state index contributed by atoms with van der Waals surface area (Å²) in [5.74, 6) is 3.18. The maximum atomic E-state index is 13.9. The van der Waals surface area contributed by atoms with Crippen LogP contribution in [0.2, 0.25) is 0 Å². The maximum absolute atomic E-state index is 13.9. The Morgan fingerprint density at radius 2 is 2.17 bits per heavy atom. The summed E-state index contributed by atoms with van der Waals surface area (Å²) in [6.45, 7) is 4.13. The molecule has 8 heteroatoms. The van der Waals surface area contributed by atoms with E-state index >= 15 is 0 Å². The van der Waals surface area contributed by atoms with Gasteiger partial charge in [0.05, 0.1) is 0 Å². The van der Waals surface area contributed by atoms with Crippen LogP contribution in [0.1, 0.15) is 37.3 Å². The van der Waals surface area contributed by atoms with Crippen molar-refractivity contribution in [3.63, 3.8) is 0 Å². The third-order valence-corrected chi connectivity index (χ3v) is 4.94. The van der Waals surface area contributed by atoms with Crippen molar-refractivity contribution < 1.29 is 18.3 Å². The van der Waals surface area contributed by atoms with Crippen LogP contribution < -0.4 is 10.1 Å². The number of hydrogen-bond acceptors (Lipinski definition) is 6. The van der Waals surface area contributed by atoms with Gasteiger partial charge in [-0.25, -0.2) is 8.78 Å². The van der Waals surface area contributed by atoms with Crippen LogP contribution in [0.5, 0.6) is 5.75 Å². The lowest BCUT2D eigenvalue weighted by atomic mass is 10.0. The molecule has 160 valence electrons. The van der Waals surface area contributed by atoms with Crippen LogP contribution in [0.15, 0.2) is 24.3 Å². The van der Waals surface area contributed by atoms with E-state index in [-0.39, 0.29) is 24.1 Å². The summed E-state index contributed by atoms with van der Waals surface area (Å²) in [5.41, 5.74) is 0.801. The molecule has 0 saturated carbocycles. The van der Waals surface area contributed by atoms with Gasteiger partial charge in [-0.2, -0.15) is 0 Å². The predicted molar refractivity (Wildman–Crippen MR) is 112 cm³/mol. The molecule has 1 N–H and O–H groups in total. The van der Waals surface area contributed by atoms with E-state index in [0.29, 0.717) is 29.3 Å². The molecule has 3 rings (SSSR count). The molecule has 0 bridgehead atoms. The van der Waals surface area contributed by atoms with Crippen LogP contribution >= 0.6 is 0 Å². The molecule has 2 heterocycles. The Bertz CT molecular complexity index is 901. The van der Waals surface area contributed by atoms with Crippen molar-refractivity contribution in [2.24, 2.45) is 0 Å². The number of nitrogens with zero attached hydrogens (tertiary/aromatic N) is 3. The zero-order valence-electron chi connectivity index (χ0n) is 17.2. The molecule has 1 saturated heterocycles. The standard InChI is InChI=1S/C22H26F2N4O2/c1-4-15-8-9-17(19(11-15)30-14-29-5-2)21-18(22(23)24)12-20(26-27-21)25-16-7-6-10-28(3)13-16/h1,8-9,11-12,16,22H,5-7,10,13-14H2,2-3H3,(H,25,26)/t16-/m1/s1. The van der Waals surface area contributed by atoms with Crippen molar-refractivity contribution in [3.8, 4) is 29.4 Å². The van der Waals surface area contributed by atoms with Gasteiger partial charge in [0.25, 0.3) is 6.43 Å². The van der Waals surface area contributed by atoms with E-state index < -0.39 is 6.43 Å². The normalized spacial score (nSPS) is 17.0. The Labute approximate surface area is 175 Å². The summed E-state index contributed by atoms with van der Waals surface area (Å²) >= 11 is 0. The van der Waals surface area contributed by atoms with Crippen molar-refractivity contribution in [1.82, 2.24) is 15.1 Å². The maximum Gasteiger partial charge on any atom is 0.266 e. The minimum absolute atomic E-state index is 0.0240. The second kappa shape index (κ2) is 10.3. The van der Waals surface area contributed by atoms with E-state index in [0.717, 1.165) is 25.9 Å². The summed E-state index contributed by atoms with van der Waals surface area (Å²) in [6.07, 6.45) is 4.74. The number of benzene rings is 1. The highest BCUT2D eigenvalue weighted by Gasteiger charge is 2.23. The number of likely N-dealkylation sites (N-methyl/N-ethyl adjacent to an activating group) is 1. The lowest BCUT2D eigenvalue weighted by molar-refractivity contribution is 0.0227. The molecule has 0 unspecified atom stereocenters. The molecule has 2 aromatic rings. The predicted octanol–water partition coefficient (Wildman–Crippen LogP) is 3.94. The first kappa shape index (κ1) is 21.9. The van der Waals surface area contributed by atoms with Gasteiger partial charge in [-0.1, -0.05) is 5.92 Å². The topological polar surface area (TPSA) is 59.5 Å². The fraction of sp³-hybridized carbons (Fsp3) is 0.455. The molecule has 0 radical (unpaired) electrons. The monoisotopic (exact) mass is 416 g/mol. The fourth-order valence-electron chi connectivity index (χ4n) is 3.46. The zero-order chi connectivity index (χ0) is 21.5. The molecule has 1 aliphatic rings. The lowest BCUT2D eigenvalue weighted by Crippen LogP contribution is -2.40. The number of ether oxygens (including phenoxy) is 2. The summed E-state index contributed by atoms with van der Waals surface area (Å²) in [6, 6.07) is 6.40. The number of alkyl halides is 2. The van der Waals surface area contributed by atoms with E-state index in [1.54, 1.807) is 18.2 Å². The molecule has 0 spiro atoms. The number of halogens is 2. The quantitative estimate of drug-likeness (QED) is 0.400. The summed E-state index contributed by atoms with van der Waals surface area (Å²) < 4.78 is 38.7. The highest BCUT2D eigenvalue weighted by molar-refractivity contribution is 5.72. The van der Waals surface area contributed by atoms with Crippen molar-refractivity contribution in [1.29, 1.82) is 0 Å². The Kier molecular flexibility index (Phi) is 7.55. The molecule has 6 nitrogen and oxygen atoms in total. The summed E-state index contributed by atoms with van der Waals surface area (Å²) in [7, 11) is 2.04. The number of terminal acetylenes is 1. The Morgan fingerprint density at radius 1 is 1.33 bits per heavy atom. The van der Waals surface area contributed by atoms with Gasteiger partial charge < -0.3 is 19.7 Å². The Balaban J connectivity index is 1.92. The molecule has 1 aliphatic heterocycles. The number of likely N-dealkylation sites (tertiary alicyclic amines) is 1. The van der Waals surface area contributed by atoms with Gasteiger partial charge >= 0.3 is 0 Å². The van der Waals surface area contributed by atoms with Gasteiger partial charge in [0.15, 0.2) is 6.79 Å². The van der Waals surface area contributed by atoms with Gasteiger partial charge in [0, 0.05) is 35.9 Å². The summed E-state index contributed by atoms with van der Waals surface area (Å²) in [4.78, 5) is 2.20. The number of hydrogen-bond donors (Lipinski definition) is 1. The average molecular weight is 416 g/mol. The number of rotatable bonds is 8. The van der Waals surface area contributed by atoms with Crippen LogP contribution in [0.25, 0.3) is 11.3 Å². The molecule has 1 fully saturated rings. The van der Waals surface area contributed by atoms with Gasteiger partial charge in [-0.3, -0.25) is 0 Å². The third-order valence-electron chi connectivity index (χ3n) is 4.94. The smallest absolute Gasteiger partial charge is 0.266 e. The zero-order valence-corrected chi connectivity index (χ0v) is 17.2. The van der Waals surface area contributed by atoms with Gasteiger partial charge in [0.2, 0.25) is 0 Å². The van der Waals surface area contributed by atoms with Crippen LogP contribution in [0.3, 0.4) is 0 Å². The molecule has 30 heavy (non-hydrogen) atoms. The van der Waals surface area contributed by atoms with Crippen LogP contribution in [0, 0.1) is 12.3 Å². The van der Waals surface area contributed by atoms with Crippen LogP contribution in [-0.4, -0.2) is 54.7 Å². The van der Waals surface area contributed by atoms with E-state index in [1.165, 1.54) is 6.07 Å². The third kappa shape index (κ3) is 5.43. The van der Waals surface area contributed by atoms with Gasteiger partial charge in [-0.15, -0.1) is 16.6 Å². The minimum Gasteiger partial charge on any atom is -0.467 e. The molecular formula is C22H26F2N4O2. The SMILES string of the molecule is C#Cc1ccc(-c2nnc(N[C@@H]3CCCN(C)C3)cc2C(F)F)c(OCOCC)c1. The molecule has 0 aliphatic carbocycles. The fourth-order valence-corrected chi connectivity index (χ4v) is 3.46. The van der Waals surface area contributed by atoms with E-state index in [9.17, 15) is 8.78 Å². The van der Waals surface area contributed by atoms with Crippen molar-refractivity contribution in [3.05, 3.63) is 35.4 Å². The highest BCUT2D eigenvalue weighted by atomic mass is 19.3. The summed E-state index contributed by atoms with van der Waals surface area (Å²) in [5, 5.41) is 11.5. The van der Waals surface area contributed by atoms with Crippen molar-refractivity contribution in [2.75, 3.05) is 38.9 Å². The number of aromatic nitrogens is 2. The second-order valence-corrected chi connectivity index (χ2v) is 7.19. The van der Waals surface area contributed by atoms with Crippen LogP contribution in [0.4, 0.5) is 14.6 Å². The highest BCUT2D eigenvalue weighted by Crippen LogP contribution is 2.36. The lowest BCUT2D eigenvalue weighted by Gasteiger charge is -2.30. The van der Waals surface area contributed by atoms with Crippen molar-refractivity contribution >= 4 is 5.82 Å². The van der Waals surface area contributed by atoms with E-state index in [1.807, 2.05) is 14.0 Å². The first-order chi connectivity index (χ1) is 14.5. The first-order valence-electron chi connectivity index (χ1n) is 9.94. The van der Waals surface area contributed by atoms with Crippen LogP contribution in [-0.2, 0) is 4.74 Å². The van der Waals surface area contributed by atoms with E-state index in [2.05, 4.69) is 26.3 Å². The molecule has 1 aromatic heterocycles. The Morgan fingerprint density at radius 3 is 2.87 bits per heavy atom. The second-order valence-electron chi connectivity index (χ2n) is 7.19. The molecule has 1 aromatic carbocycles. The Hall–Kier alpha value is -2.76. The number of nitrogens with one attached hydrogen (secondary N) is 1. The average Bonchev–Trinajstić information content (AvgIpc) is 2.74. The molecular weight excluding hydrogens is 390 g/mol. The van der Waals surface area contributed by atoms with E-state index in [4.69, 9.17) is 15.9 Å². The largest absolute Gasteiger partial charge is 0.467 e. The number of anilines is 1. The van der Waals surface area contributed by atoms with Crippen molar-refractivity contribution in [2.45, 2.75) is 32.2 Å². The molecule has 0 amide bonds. The van der Waals surface area contributed by atoms with Gasteiger partial charge in [-0.05, 0) is 57.6 Å². The minimum atomic E-state index is -2.72. The van der Waals surface area contributed by atoms with Gasteiger partial charge in [0.1, 0.15) is 17.3 Å². The molecule has 1 atom stereocenters. The number of piperidine rings is 1.